The lowest BCUT2D eigenvalue weighted by molar-refractivity contribution is -0.110. The number of ether oxygens (including phenoxy) is 1. The van der Waals surface area contributed by atoms with Crippen LogP contribution in [0.2, 0.25) is 0 Å². The number of nitrogens with one attached hydrogen (secondary N) is 1. The van der Waals surface area contributed by atoms with Gasteiger partial charge in [-0.05, 0) is 56.2 Å². The third-order valence-electron chi connectivity index (χ3n) is 6.98. The van der Waals surface area contributed by atoms with E-state index in [2.05, 4.69) is 22.9 Å². The number of carbonyl (C=O) groups excluding carboxylic acids is 1. The van der Waals surface area contributed by atoms with E-state index in [0.29, 0.717) is 17.8 Å². The summed E-state index contributed by atoms with van der Waals surface area (Å²) >= 11 is 0. The summed E-state index contributed by atoms with van der Waals surface area (Å²) in [4.78, 5) is 15.9. The Morgan fingerprint density at radius 2 is 2.03 bits per heavy atom. The predicted octanol–water partition coefficient (Wildman–Crippen LogP) is 4.94. The maximum absolute atomic E-state index is 11.4. The molecule has 2 N–H and O–H groups in total. The first-order valence-corrected chi connectivity index (χ1v) is 12.0. The first-order valence-electron chi connectivity index (χ1n) is 12.0. The lowest BCUT2D eigenvalue weighted by Gasteiger charge is -2.30. The molecule has 1 heterocycles. The molecule has 0 aliphatic heterocycles. The van der Waals surface area contributed by atoms with E-state index in [1.165, 1.54) is 12.8 Å². The van der Waals surface area contributed by atoms with Crippen LogP contribution in [0.15, 0.2) is 42.5 Å². The number of aryl methyl sites for hydroxylation is 1. The van der Waals surface area contributed by atoms with Crippen LogP contribution in [-0.4, -0.2) is 34.2 Å². The van der Waals surface area contributed by atoms with Crippen molar-refractivity contribution in [1.29, 1.82) is 0 Å². The Morgan fingerprint density at radius 3 is 2.73 bits per heavy atom. The molecule has 1 aliphatic rings. The molecule has 4 rings (SSSR count). The fraction of sp³-hybridized carbons (Fsp3) is 0.481. The number of aliphatic hydroxyl groups is 1. The van der Waals surface area contributed by atoms with Gasteiger partial charge < -0.3 is 19.7 Å². The van der Waals surface area contributed by atoms with Crippen LogP contribution in [0.4, 0.5) is 0 Å². The van der Waals surface area contributed by atoms with Gasteiger partial charge in [-0.3, -0.25) is 4.79 Å². The van der Waals surface area contributed by atoms with Gasteiger partial charge in [0.1, 0.15) is 17.7 Å². The van der Waals surface area contributed by atoms with E-state index in [0.717, 1.165) is 60.0 Å². The number of hydrogen-bond acceptors (Lipinski definition) is 4. The van der Waals surface area contributed by atoms with Crippen molar-refractivity contribution in [3.63, 3.8) is 0 Å². The van der Waals surface area contributed by atoms with Gasteiger partial charge in [-0.1, -0.05) is 50.1 Å². The van der Waals surface area contributed by atoms with Gasteiger partial charge in [-0.25, -0.2) is 4.98 Å². The number of methoxy groups -OCH3 is 1. The molecule has 1 fully saturated rings. The van der Waals surface area contributed by atoms with Gasteiger partial charge in [0.15, 0.2) is 0 Å². The Labute approximate surface area is 196 Å². The molecule has 1 amide bonds. The largest absolute Gasteiger partial charge is 0.496 e. The van der Waals surface area contributed by atoms with Crippen molar-refractivity contribution >= 4 is 17.4 Å². The first kappa shape index (κ1) is 23.3. The number of rotatable bonds is 9. The fourth-order valence-corrected chi connectivity index (χ4v) is 5.21. The molecular formula is C27H35N3O3. The first-order chi connectivity index (χ1) is 16.0. The topological polar surface area (TPSA) is 76.4 Å². The van der Waals surface area contributed by atoms with Crippen LogP contribution in [0.3, 0.4) is 0 Å². The molecule has 6 heteroatoms. The molecule has 0 radical (unpaired) electrons. The molecule has 3 aromatic rings. The fourth-order valence-electron chi connectivity index (χ4n) is 5.21. The minimum atomic E-state index is -0.801. The van der Waals surface area contributed by atoms with Crippen LogP contribution in [-0.2, 0) is 11.2 Å². The third-order valence-corrected chi connectivity index (χ3v) is 6.98. The van der Waals surface area contributed by atoms with Gasteiger partial charge in [0, 0.05) is 17.6 Å². The number of imidazole rings is 1. The Bertz CT molecular complexity index is 1080. The number of benzene rings is 2. The monoisotopic (exact) mass is 449 g/mol. The molecule has 1 aliphatic carbocycles. The van der Waals surface area contributed by atoms with Crippen molar-refractivity contribution in [1.82, 2.24) is 14.9 Å². The standard InChI is InChI=1S/C27H35N3O3/c1-18-8-7-11-21(16-18)30-23-14-15-24(33-3)22(13-12-19(2)28-17-31)25(23)29-27(30)26(32)20-9-5-4-6-10-20/h4-6,9-10,14-15,17-19,21,26,32H,7-8,11-13,16H2,1-3H3,(H,28,31). The molecule has 4 unspecified atom stereocenters. The number of amides is 1. The summed E-state index contributed by atoms with van der Waals surface area (Å²) in [5.41, 5.74) is 3.80. The van der Waals surface area contributed by atoms with Gasteiger partial charge in [-0.2, -0.15) is 0 Å². The number of aliphatic hydroxyl groups excluding tert-OH is 1. The molecule has 1 aromatic heterocycles. The van der Waals surface area contributed by atoms with Crippen LogP contribution < -0.4 is 10.1 Å². The highest BCUT2D eigenvalue weighted by Gasteiger charge is 2.29. The number of carbonyl (C=O) groups is 1. The number of aromatic nitrogens is 2. The smallest absolute Gasteiger partial charge is 0.207 e. The maximum atomic E-state index is 11.4. The average molecular weight is 450 g/mol. The maximum Gasteiger partial charge on any atom is 0.207 e. The Kier molecular flexibility index (Phi) is 7.33. The van der Waals surface area contributed by atoms with Crippen molar-refractivity contribution in [2.45, 2.75) is 70.6 Å². The van der Waals surface area contributed by atoms with E-state index in [-0.39, 0.29) is 6.04 Å². The lowest BCUT2D eigenvalue weighted by atomic mass is 9.86. The van der Waals surface area contributed by atoms with E-state index in [1.54, 1.807) is 7.11 Å². The Balaban J connectivity index is 1.84. The molecule has 0 saturated heterocycles. The van der Waals surface area contributed by atoms with Crippen molar-refractivity contribution in [3.05, 3.63) is 59.4 Å². The van der Waals surface area contributed by atoms with Gasteiger partial charge in [0.25, 0.3) is 0 Å². The number of nitrogens with zero attached hydrogens (tertiary/aromatic N) is 2. The van der Waals surface area contributed by atoms with Crippen LogP contribution in [0.1, 0.15) is 75.0 Å². The Morgan fingerprint density at radius 1 is 1.24 bits per heavy atom. The summed E-state index contributed by atoms with van der Waals surface area (Å²) < 4.78 is 7.99. The normalized spacial score (nSPS) is 20.4. The molecule has 1 saturated carbocycles. The zero-order valence-electron chi connectivity index (χ0n) is 19.8. The van der Waals surface area contributed by atoms with Crippen molar-refractivity contribution in [2.75, 3.05) is 7.11 Å². The predicted molar refractivity (Wildman–Crippen MR) is 130 cm³/mol. The zero-order chi connectivity index (χ0) is 23.4. The molecule has 4 atom stereocenters. The highest BCUT2D eigenvalue weighted by Crippen LogP contribution is 2.40. The molecular weight excluding hydrogens is 414 g/mol. The van der Waals surface area contributed by atoms with E-state index >= 15 is 0 Å². The van der Waals surface area contributed by atoms with Crippen molar-refractivity contribution in [3.8, 4) is 5.75 Å². The third kappa shape index (κ3) is 4.91. The molecule has 0 spiro atoms. The molecule has 176 valence electrons. The molecule has 2 aromatic carbocycles. The van der Waals surface area contributed by atoms with Crippen molar-refractivity contribution < 1.29 is 14.6 Å². The molecule has 6 nitrogen and oxygen atoms in total. The number of hydrogen-bond donors (Lipinski definition) is 2. The van der Waals surface area contributed by atoms with Crippen molar-refractivity contribution in [2.24, 2.45) is 5.92 Å². The lowest BCUT2D eigenvalue weighted by Crippen LogP contribution is -2.24. The Hall–Kier alpha value is -2.86. The van der Waals surface area contributed by atoms with Gasteiger partial charge in [0.2, 0.25) is 6.41 Å². The zero-order valence-corrected chi connectivity index (χ0v) is 19.8. The van der Waals surface area contributed by atoms with Crippen LogP contribution >= 0.6 is 0 Å². The minimum absolute atomic E-state index is 0.0538. The van der Waals surface area contributed by atoms with Gasteiger partial charge >= 0.3 is 0 Å². The van der Waals surface area contributed by atoms with Crippen LogP contribution in [0.5, 0.6) is 5.75 Å². The van der Waals surface area contributed by atoms with E-state index in [9.17, 15) is 9.90 Å². The van der Waals surface area contributed by atoms with E-state index in [4.69, 9.17) is 9.72 Å². The van der Waals surface area contributed by atoms with Crippen LogP contribution in [0, 0.1) is 5.92 Å². The SMILES string of the molecule is COc1ccc2c(nc(C(O)c3ccccc3)n2C2CCCC(C)C2)c1CCC(C)NC=O. The summed E-state index contributed by atoms with van der Waals surface area (Å²) in [5.74, 6) is 2.14. The summed E-state index contributed by atoms with van der Waals surface area (Å²) in [6.45, 7) is 4.31. The van der Waals surface area contributed by atoms with Gasteiger partial charge in [0.05, 0.1) is 18.1 Å². The highest BCUT2D eigenvalue weighted by molar-refractivity contribution is 5.83. The summed E-state index contributed by atoms with van der Waals surface area (Å²) in [7, 11) is 1.68. The molecule has 33 heavy (non-hydrogen) atoms. The second kappa shape index (κ2) is 10.4. The minimum Gasteiger partial charge on any atom is -0.496 e. The summed E-state index contributed by atoms with van der Waals surface area (Å²) in [6.07, 6.45) is 6.05. The van der Waals surface area contributed by atoms with Gasteiger partial charge in [-0.15, -0.1) is 0 Å². The summed E-state index contributed by atoms with van der Waals surface area (Å²) in [6, 6.07) is 14.2. The number of fused-ring (bicyclic) bond motifs is 1. The van der Waals surface area contributed by atoms with E-state index in [1.807, 2.05) is 43.3 Å². The second-order valence-corrected chi connectivity index (χ2v) is 9.42. The van der Waals surface area contributed by atoms with E-state index < -0.39 is 6.10 Å². The average Bonchev–Trinajstić information content (AvgIpc) is 3.22. The molecule has 0 bridgehead atoms. The summed E-state index contributed by atoms with van der Waals surface area (Å²) in [5, 5.41) is 14.2. The second-order valence-electron chi connectivity index (χ2n) is 9.42. The quantitative estimate of drug-likeness (QED) is 0.454. The highest BCUT2D eigenvalue weighted by atomic mass is 16.5. The van der Waals surface area contributed by atoms with Crippen LogP contribution in [0.25, 0.3) is 11.0 Å².